The van der Waals surface area contributed by atoms with Crippen molar-refractivity contribution in [1.82, 2.24) is 10.2 Å². The molecule has 0 amide bonds. The number of hydrogen-bond donors (Lipinski definition) is 4. The summed E-state index contributed by atoms with van der Waals surface area (Å²) in [5, 5.41) is 31.6. The van der Waals surface area contributed by atoms with Crippen LogP contribution < -0.4 is 5.32 Å². The van der Waals surface area contributed by atoms with E-state index in [1.807, 2.05) is 19.0 Å². The first-order valence-electron chi connectivity index (χ1n) is 5.11. The van der Waals surface area contributed by atoms with Gasteiger partial charge in [0.05, 0.1) is 31.0 Å². The van der Waals surface area contributed by atoms with Gasteiger partial charge in [-0.05, 0) is 14.1 Å². The van der Waals surface area contributed by atoms with E-state index < -0.39 is 18.1 Å². The van der Waals surface area contributed by atoms with Gasteiger partial charge in [0.15, 0.2) is 6.35 Å². The molecule has 88 valence electrons. The second-order valence-electron chi connectivity index (χ2n) is 4.44. The topological polar surface area (TPSA) is 85.2 Å². The third kappa shape index (κ3) is 1.67. The highest BCUT2D eigenvalue weighted by Crippen LogP contribution is 2.34. The van der Waals surface area contributed by atoms with Crippen molar-refractivity contribution in [3.63, 3.8) is 0 Å². The molecule has 1 aliphatic carbocycles. The molecule has 6 heteroatoms. The lowest BCUT2D eigenvalue weighted by Crippen LogP contribution is -2.46. The fourth-order valence-electron chi connectivity index (χ4n) is 2.34. The van der Waals surface area contributed by atoms with E-state index >= 15 is 0 Å². The molecule has 6 unspecified atom stereocenters. The molecular weight excluding hydrogens is 200 g/mol. The summed E-state index contributed by atoms with van der Waals surface area (Å²) in [7, 11) is 3.71. The number of aliphatic hydroxyl groups excluding tert-OH is 3. The predicted molar refractivity (Wildman–Crippen MR) is 51.9 cm³/mol. The highest BCUT2D eigenvalue weighted by atomic mass is 16.5. The molecule has 0 aromatic rings. The molecule has 0 aromatic carbocycles. The normalized spacial score (nSPS) is 50.0. The average Bonchev–Trinajstić information content (AvgIpc) is 2.69. The Kier molecular flexibility index (Phi) is 2.98. The Morgan fingerprint density at radius 3 is 2.47 bits per heavy atom. The number of ether oxygens (including phenoxy) is 1. The quantitative estimate of drug-likeness (QED) is 0.411. The SMILES string of the molecule is CN(C)C1NC2C(O)C(O)C(CO)C2O1. The van der Waals surface area contributed by atoms with Crippen LogP contribution in [0.2, 0.25) is 0 Å². The Hall–Kier alpha value is -0.240. The zero-order chi connectivity index (χ0) is 11.2. The van der Waals surface area contributed by atoms with Crippen molar-refractivity contribution in [3.05, 3.63) is 0 Å². The van der Waals surface area contributed by atoms with Gasteiger partial charge in [-0.25, -0.2) is 0 Å². The summed E-state index contributed by atoms with van der Waals surface area (Å²) in [4.78, 5) is 1.84. The molecule has 0 spiro atoms. The van der Waals surface area contributed by atoms with E-state index in [1.54, 1.807) is 0 Å². The second kappa shape index (κ2) is 3.97. The Morgan fingerprint density at radius 1 is 1.27 bits per heavy atom. The molecule has 6 atom stereocenters. The number of hydrogen-bond acceptors (Lipinski definition) is 6. The molecule has 1 saturated heterocycles. The van der Waals surface area contributed by atoms with E-state index in [2.05, 4.69) is 5.32 Å². The molecule has 2 aliphatic rings. The van der Waals surface area contributed by atoms with Crippen LogP contribution in [-0.2, 0) is 4.74 Å². The summed E-state index contributed by atoms with van der Waals surface area (Å²) in [6.07, 6.45) is -2.39. The van der Waals surface area contributed by atoms with Crippen LogP contribution >= 0.6 is 0 Å². The molecule has 6 nitrogen and oxygen atoms in total. The summed E-state index contributed by atoms with van der Waals surface area (Å²) in [5.41, 5.74) is 0. The molecule has 1 saturated carbocycles. The molecule has 1 heterocycles. The van der Waals surface area contributed by atoms with E-state index in [0.717, 1.165) is 0 Å². The van der Waals surface area contributed by atoms with E-state index in [4.69, 9.17) is 9.84 Å². The van der Waals surface area contributed by atoms with Crippen LogP contribution in [-0.4, -0.2) is 71.6 Å². The van der Waals surface area contributed by atoms with E-state index in [0.29, 0.717) is 0 Å². The van der Waals surface area contributed by atoms with Crippen LogP contribution in [0.25, 0.3) is 0 Å². The Morgan fingerprint density at radius 2 is 1.93 bits per heavy atom. The van der Waals surface area contributed by atoms with Crippen molar-refractivity contribution < 1.29 is 20.1 Å². The molecule has 4 N–H and O–H groups in total. The molecule has 0 aromatic heterocycles. The first kappa shape index (κ1) is 11.3. The third-order valence-electron chi connectivity index (χ3n) is 3.23. The summed E-state index contributed by atoms with van der Waals surface area (Å²) in [5.74, 6) is -0.414. The maximum absolute atomic E-state index is 9.75. The minimum absolute atomic E-state index is 0.179. The molecule has 1 aliphatic heterocycles. The van der Waals surface area contributed by atoms with Crippen molar-refractivity contribution in [3.8, 4) is 0 Å². The van der Waals surface area contributed by atoms with Gasteiger partial charge in [-0.15, -0.1) is 0 Å². The maximum atomic E-state index is 9.75. The fourth-order valence-corrected chi connectivity index (χ4v) is 2.34. The summed E-state index contributed by atoms with van der Waals surface area (Å²) < 4.78 is 5.63. The number of fused-ring (bicyclic) bond motifs is 1. The molecule has 0 radical (unpaired) electrons. The molecule has 2 rings (SSSR count). The molecule has 0 bridgehead atoms. The van der Waals surface area contributed by atoms with Gasteiger partial charge in [-0.1, -0.05) is 0 Å². The molecule has 2 fully saturated rings. The Bertz CT molecular complexity index is 238. The van der Waals surface area contributed by atoms with Crippen molar-refractivity contribution in [1.29, 1.82) is 0 Å². The lowest BCUT2D eigenvalue weighted by molar-refractivity contribution is -0.0864. The van der Waals surface area contributed by atoms with Crippen LogP contribution in [0.3, 0.4) is 0 Å². The zero-order valence-electron chi connectivity index (χ0n) is 8.87. The summed E-state index contributed by atoms with van der Waals surface area (Å²) in [6, 6.07) is -0.301. The second-order valence-corrected chi connectivity index (χ2v) is 4.44. The highest BCUT2D eigenvalue weighted by molar-refractivity contribution is 5.05. The van der Waals surface area contributed by atoms with Gasteiger partial charge in [0.2, 0.25) is 0 Å². The number of aliphatic hydroxyl groups is 3. The fraction of sp³-hybridized carbons (Fsp3) is 1.00. The minimum Gasteiger partial charge on any atom is -0.396 e. The van der Waals surface area contributed by atoms with Crippen molar-refractivity contribution >= 4 is 0 Å². The number of rotatable bonds is 2. The first-order chi connectivity index (χ1) is 7.06. The van der Waals surface area contributed by atoms with Crippen molar-refractivity contribution in [2.45, 2.75) is 30.7 Å². The van der Waals surface area contributed by atoms with Crippen molar-refractivity contribution in [2.75, 3.05) is 20.7 Å². The van der Waals surface area contributed by atoms with Gasteiger partial charge in [0.25, 0.3) is 0 Å². The average molecular weight is 218 g/mol. The Labute approximate surface area is 88.5 Å². The number of nitrogens with one attached hydrogen (secondary N) is 1. The van der Waals surface area contributed by atoms with Gasteiger partial charge in [-0.3, -0.25) is 10.2 Å². The van der Waals surface area contributed by atoms with Crippen LogP contribution in [0.4, 0.5) is 0 Å². The first-order valence-corrected chi connectivity index (χ1v) is 5.11. The monoisotopic (exact) mass is 218 g/mol. The van der Waals surface area contributed by atoms with Crippen molar-refractivity contribution in [2.24, 2.45) is 5.92 Å². The van der Waals surface area contributed by atoms with Crippen LogP contribution in [0, 0.1) is 5.92 Å². The highest BCUT2D eigenvalue weighted by Gasteiger charge is 2.54. The standard InChI is InChI=1S/C9H18N2O4/c1-11(2)9-10-5-7(14)6(13)4(3-12)8(5)15-9/h4-10,12-14H,3H2,1-2H3. The van der Waals surface area contributed by atoms with Crippen LogP contribution in [0.15, 0.2) is 0 Å². The summed E-state index contributed by atoms with van der Waals surface area (Å²) in [6.45, 7) is -0.179. The summed E-state index contributed by atoms with van der Waals surface area (Å²) >= 11 is 0. The van der Waals surface area contributed by atoms with E-state index in [-0.39, 0.29) is 25.1 Å². The van der Waals surface area contributed by atoms with Gasteiger partial charge >= 0.3 is 0 Å². The van der Waals surface area contributed by atoms with Gasteiger partial charge in [0.1, 0.15) is 0 Å². The van der Waals surface area contributed by atoms with Crippen LogP contribution in [0.1, 0.15) is 0 Å². The van der Waals surface area contributed by atoms with Gasteiger partial charge < -0.3 is 20.1 Å². The van der Waals surface area contributed by atoms with E-state index in [1.165, 1.54) is 0 Å². The lowest BCUT2D eigenvalue weighted by Gasteiger charge is -2.24. The van der Waals surface area contributed by atoms with Gasteiger partial charge in [-0.2, -0.15) is 0 Å². The largest absolute Gasteiger partial charge is 0.396 e. The van der Waals surface area contributed by atoms with Gasteiger partial charge in [0, 0.05) is 5.92 Å². The molecule has 15 heavy (non-hydrogen) atoms. The van der Waals surface area contributed by atoms with Crippen LogP contribution in [0.5, 0.6) is 0 Å². The smallest absolute Gasteiger partial charge is 0.166 e. The maximum Gasteiger partial charge on any atom is 0.166 e. The zero-order valence-corrected chi connectivity index (χ0v) is 8.87. The predicted octanol–water partition coefficient (Wildman–Crippen LogP) is -2.47. The Balaban J connectivity index is 2.10. The van der Waals surface area contributed by atoms with E-state index in [9.17, 15) is 10.2 Å². The minimum atomic E-state index is -0.916. The third-order valence-corrected chi connectivity index (χ3v) is 3.23. The lowest BCUT2D eigenvalue weighted by atomic mass is 10.1. The number of nitrogens with zero attached hydrogens (tertiary/aromatic N) is 1. The molecular formula is C9H18N2O4.